The molecule has 124 valence electrons. The zero-order valence-electron chi connectivity index (χ0n) is 13.5. The molecule has 0 saturated heterocycles. The molecule has 2 N–H and O–H groups in total. The van der Waals surface area contributed by atoms with Gasteiger partial charge < -0.3 is 15.3 Å². The van der Waals surface area contributed by atoms with Crippen molar-refractivity contribution >= 4 is 12.0 Å². The van der Waals surface area contributed by atoms with Crippen molar-refractivity contribution in [2.75, 3.05) is 7.05 Å². The molecule has 0 aliphatic heterocycles. The van der Waals surface area contributed by atoms with E-state index in [1.165, 1.54) is 11.1 Å². The van der Waals surface area contributed by atoms with E-state index in [0.29, 0.717) is 12.8 Å². The number of carbonyl (C=O) groups is 2. The molecule has 1 aromatic carbocycles. The average Bonchev–Trinajstić information content (AvgIpc) is 2.98. The molecule has 1 unspecified atom stereocenters. The normalized spacial score (nSPS) is 26.4. The van der Waals surface area contributed by atoms with Crippen molar-refractivity contribution in [3.8, 4) is 0 Å². The number of fused-ring (bicyclic) bond motifs is 1. The van der Waals surface area contributed by atoms with E-state index in [1.54, 1.807) is 4.90 Å². The lowest BCUT2D eigenvalue weighted by atomic mass is 9.86. The highest BCUT2D eigenvalue weighted by molar-refractivity contribution is 5.75. The van der Waals surface area contributed by atoms with Crippen LogP contribution in [0.3, 0.4) is 0 Å². The van der Waals surface area contributed by atoms with Gasteiger partial charge in [0, 0.05) is 13.1 Å². The second kappa shape index (κ2) is 6.60. The van der Waals surface area contributed by atoms with Crippen molar-refractivity contribution in [2.45, 2.75) is 50.6 Å². The lowest BCUT2D eigenvalue weighted by Gasteiger charge is -2.31. The van der Waals surface area contributed by atoms with Gasteiger partial charge in [-0.1, -0.05) is 24.3 Å². The number of amides is 2. The second-order valence-corrected chi connectivity index (χ2v) is 6.70. The molecule has 0 radical (unpaired) electrons. The fourth-order valence-electron chi connectivity index (χ4n) is 3.84. The van der Waals surface area contributed by atoms with Crippen LogP contribution in [-0.2, 0) is 11.2 Å². The minimum atomic E-state index is -0.713. The van der Waals surface area contributed by atoms with Gasteiger partial charge in [-0.2, -0.15) is 0 Å². The minimum Gasteiger partial charge on any atom is -0.481 e. The number of urea groups is 1. The first kappa shape index (κ1) is 15.8. The van der Waals surface area contributed by atoms with E-state index < -0.39 is 5.97 Å². The van der Waals surface area contributed by atoms with Gasteiger partial charge in [-0.3, -0.25) is 4.79 Å². The molecule has 23 heavy (non-hydrogen) atoms. The minimum absolute atomic E-state index is 0.0505. The van der Waals surface area contributed by atoms with Crippen LogP contribution in [-0.4, -0.2) is 35.1 Å². The van der Waals surface area contributed by atoms with Gasteiger partial charge in [0.1, 0.15) is 0 Å². The molecule has 5 heteroatoms. The monoisotopic (exact) mass is 316 g/mol. The fraction of sp³-hybridized carbons (Fsp3) is 0.556. The maximum Gasteiger partial charge on any atom is 0.317 e. The molecule has 0 bridgehead atoms. The third-order valence-electron chi connectivity index (χ3n) is 5.29. The number of rotatable bonds is 3. The lowest BCUT2D eigenvalue weighted by Crippen LogP contribution is -2.45. The first-order valence-electron chi connectivity index (χ1n) is 8.40. The fourth-order valence-corrected chi connectivity index (χ4v) is 3.84. The maximum atomic E-state index is 12.5. The van der Waals surface area contributed by atoms with Crippen LogP contribution in [0.25, 0.3) is 0 Å². The van der Waals surface area contributed by atoms with Gasteiger partial charge in [0.05, 0.1) is 12.0 Å². The highest BCUT2D eigenvalue weighted by Crippen LogP contribution is 2.35. The summed E-state index contributed by atoms with van der Waals surface area (Å²) in [7, 11) is 1.85. The Bertz CT molecular complexity index is 594. The van der Waals surface area contributed by atoms with E-state index in [9.17, 15) is 9.59 Å². The highest BCUT2D eigenvalue weighted by Gasteiger charge is 2.31. The number of benzene rings is 1. The molecular formula is C18H24N2O3. The van der Waals surface area contributed by atoms with Crippen LogP contribution < -0.4 is 5.32 Å². The van der Waals surface area contributed by atoms with Crippen LogP contribution in [0.4, 0.5) is 4.79 Å². The van der Waals surface area contributed by atoms with Crippen LogP contribution in [0.2, 0.25) is 0 Å². The first-order chi connectivity index (χ1) is 11.1. The van der Waals surface area contributed by atoms with E-state index in [-0.39, 0.29) is 24.0 Å². The summed E-state index contributed by atoms with van der Waals surface area (Å²) in [5.41, 5.74) is 2.58. The van der Waals surface area contributed by atoms with E-state index in [0.717, 1.165) is 25.7 Å². The predicted molar refractivity (Wildman–Crippen MR) is 87.2 cm³/mol. The molecule has 1 saturated carbocycles. The highest BCUT2D eigenvalue weighted by atomic mass is 16.4. The van der Waals surface area contributed by atoms with E-state index >= 15 is 0 Å². The Morgan fingerprint density at radius 1 is 1.13 bits per heavy atom. The molecule has 0 heterocycles. The summed E-state index contributed by atoms with van der Waals surface area (Å²) in [5.74, 6) is -0.961. The van der Waals surface area contributed by atoms with Gasteiger partial charge in [0.25, 0.3) is 0 Å². The summed E-state index contributed by atoms with van der Waals surface area (Å²) in [4.78, 5) is 25.3. The standard InChI is InChI=1S/C18H24N2O3/c1-20(16-11-8-12-4-2-3-5-15(12)16)18(23)19-14-9-6-13(7-10-14)17(21)22/h2-5,13-14,16H,6-11H2,1H3,(H,19,23)(H,21,22). The van der Waals surface area contributed by atoms with E-state index in [1.807, 2.05) is 19.2 Å². The van der Waals surface area contributed by atoms with Crippen LogP contribution >= 0.6 is 0 Å². The Morgan fingerprint density at radius 2 is 1.83 bits per heavy atom. The summed E-state index contributed by atoms with van der Waals surface area (Å²) in [6.45, 7) is 0. The Labute approximate surface area is 136 Å². The number of hydrogen-bond donors (Lipinski definition) is 2. The zero-order valence-corrected chi connectivity index (χ0v) is 13.5. The molecule has 2 aliphatic carbocycles. The molecular weight excluding hydrogens is 292 g/mol. The molecule has 3 rings (SSSR count). The summed E-state index contributed by atoms with van der Waals surface area (Å²) >= 11 is 0. The zero-order chi connectivity index (χ0) is 16.4. The topological polar surface area (TPSA) is 69.6 Å². The molecule has 0 aromatic heterocycles. The number of carboxylic acid groups (broad SMARTS) is 1. The van der Waals surface area contributed by atoms with Crippen molar-refractivity contribution in [1.82, 2.24) is 10.2 Å². The van der Waals surface area contributed by atoms with Crippen LogP contribution in [0.15, 0.2) is 24.3 Å². The number of aryl methyl sites for hydroxylation is 1. The smallest absolute Gasteiger partial charge is 0.317 e. The van der Waals surface area contributed by atoms with Crippen molar-refractivity contribution in [3.05, 3.63) is 35.4 Å². The average molecular weight is 316 g/mol. The van der Waals surface area contributed by atoms with Crippen molar-refractivity contribution in [2.24, 2.45) is 5.92 Å². The number of nitrogens with one attached hydrogen (secondary N) is 1. The quantitative estimate of drug-likeness (QED) is 0.900. The largest absolute Gasteiger partial charge is 0.481 e. The second-order valence-electron chi connectivity index (χ2n) is 6.70. The van der Waals surface area contributed by atoms with Crippen molar-refractivity contribution < 1.29 is 14.7 Å². The van der Waals surface area contributed by atoms with Crippen molar-refractivity contribution in [3.63, 3.8) is 0 Å². The summed E-state index contributed by atoms with van der Waals surface area (Å²) in [6, 6.07) is 8.49. The SMILES string of the molecule is CN(C(=O)NC1CCC(C(=O)O)CC1)C1CCc2ccccc21. The van der Waals surface area contributed by atoms with Gasteiger partial charge in [-0.25, -0.2) is 4.79 Å². The predicted octanol–water partition coefficient (Wildman–Crippen LogP) is 2.96. The van der Waals surface area contributed by atoms with Crippen LogP contribution in [0, 0.1) is 5.92 Å². The first-order valence-corrected chi connectivity index (χ1v) is 8.40. The molecule has 5 nitrogen and oxygen atoms in total. The van der Waals surface area contributed by atoms with E-state index in [4.69, 9.17) is 5.11 Å². The Hall–Kier alpha value is -2.04. The molecule has 0 spiro atoms. The molecule has 1 fully saturated rings. The molecule has 1 atom stereocenters. The maximum absolute atomic E-state index is 12.5. The van der Waals surface area contributed by atoms with E-state index in [2.05, 4.69) is 17.4 Å². The Morgan fingerprint density at radius 3 is 2.52 bits per heavy atom. The Balaban J connectivity index is 1.56. The van der Waals surface area contributed by atoms with Crippen molar-refractivity contribution in [1.29, 1.82) is 0 Å². The molecule has 2 amide bonds. The van der Waals surface area contributed by atoms with Crippen LogP contribution in [0.5, 0.6) is 0 Å². The third-order valence-corrected chi connectivity index (χ3v) is 5.29. The number of carbonyl (C=O) groups excluding carboxylic acids is 1. The lowest BCUT2D eigenvalue weighted by molar-refractivity contribution is -0.142. The molecule has 1 aromatic rings. The van der Waals surface area contributed by atoms with Gasteiger partial charge in [-0.15, -0.1) is 0 Å². The third kappa shape index (κ3) is 3.33. The summed E-state index contributed by atoms with van der Waals surface area (Å²) < 4.78 is 0. The summed E-state index contributed by atoms with van der Waals surface area (Å²) in [6.07, 6.45) is 4.78. The molecule has 2 aliphatic rings. The van der Waals surface area contributed by atoms with Crippen LogP contribution in [0.1, 0.15) is 49.3 Å². The number of nitrogens with zero attached hydrogens (tertiary/aromatic N) is 1. The number of carboxylic acids is 1. The number of hydrogen-bond acceptors (Lipinski definition) is 2. The Kier molecular flexibility index (Phi) is 4.55. The van der Waals surface area contributed by atoms with Gasteiger partial charge in [0.15, 0.2) is 0 Å². The van der Waals surface area contributed by atoms with Gasteiger partial charge >= 0.3 is 12.0 Å². The van der Waals surface area contributed by atoms with Gasteiger partial charge in [-0.05, 0) is 49.7 Å². The number of aliphatic carboxylic acids is 1. The van der Waals surface area contributed by atoms with Gasteiger partial charge in [0.2, 0.25) is 0 Å². The summed E-state index contributed by atoms with van der Waals surface area (Å²) in [5, 5.41) is 12.1.